The smallest absolute Gasteiger partial charge is 0.169 e. The van der Waals surface area contributed by atoms with Crippen LogP contribution in [0.25, 0.3) is 0 Å². The highest BCUT2D eigenvalue weighted by Gasteiger charge is 2.14. The normalized spacial score (nSPS) is 9.44. The summed E-state index contributed by atoms with van der Waals surface area (Å²) in [5.74, 6) is 0.392. The fraction of sp³-hybridized carbons (Fsp3) is 0. The van der Waals surface area contributed by atoms with E-state index in [1.165, 1.54) is 11.2 Å². The summed E-state index contributed by atoms with van der Waals surface area (Å²) in [5, 5.41) is 19.9. The minimum atomic E-state index is 0.347. The number of nitrogens with one attached hydrogen (secondary N) is 2. The van der Waals surface area contributed by atoms with Crippen LogP contribution in [0.3, 0.4) is 0 Å². The monoisotopic (exact) mass is 212 g/mol. The van der Waals surface area contributed by atoms with Gasteiger partial charge in [-0.15, -0.1) is 0 Å². The largest absolute Gasteiger partial charge is 0.260 e. The molecule has 0 aliphatic rings. The second kappa shape index (κ2) is 4.23. The Bertz CT molecular complexity index is 524. The summed E-state index contributed by atoms with van der Waals surface area (Å²) < 4.78 is 0. The number of para-hydroxylation sites is 1. The highest BCUT2D eigenvalue weighted by Crippen LogP contribution is 2.25. The van der Waals surface area contributed by atoms with Gasteiger partial charge in [0.25, 0.3) is 0 Å². The lowest BCUT2D eigenvalue weighted by molar-refractivity contribution is 0.891. The predicted octanol–water partition coefficient (Wildman–Crippen LogP) is 2.37. The number of nitriles is 1. The molecule has 1 heterocycles. The predicted molar refractivity (Wildman–Crippen MR) is 57.0 cm³/mol. The summed E-state index contributed by atoms with van der Waals surface area (Å²) in [6.07, 6.45) is 1.40. The van der Waals surface area contributed by atoms with Crippen molar-refractivity contribution in [3.8, 4) is 6.07 Å². The first-order chi connectivity index (χ1) is 7.86. The molecular formula is C10H8N6. The molecule has 0 unspecified atom stereocenters. The summed E-state index contributed by atoms with van der Waals surface area (Å²) >= 11 is 0. The SMILES string of the molecule is N#Cc1cn[nH]c1N(N=N)c1ccccc1. The van der Waals surface area contributed by atoms with E-state index in [-0.39, 0.29) is 0 Å². The maximum absolute atomic E-state index is 8.86. The van der Waals surface area contributed by atoms with Crippen LogP contribution in [-0.4, -0.2) is 10.2 Å². The fourth-order valence-electron chi connectivity index (χ4n) is 1.33. The number of hydrogen-bond acceptors (Lipinski definition) is 4. The van der Waals surface area contributed by atoms with Crippen molar-refractivity contribution in [2.75, 3.05) is 5.01 Å². The quantitative estimate of drug-likeness (QED) is 0.604. The Kier molecular flexibility index (Phi) is 2.61. The number of rotatable bonds is 3. The van der Waals surface area contributed by atoms with Gasteiger partial charge in [-0.3, -0.25) is 5.10 Å². The van der Waals surface area contributed by atoms with E-state index in [0.717, 1.165) is 0 Å². The average Bonchev–Trinajstić information content (AvgIpc) is 2.80. The van der Waals surface area contributed by atoms with Crippen LogP contribution in [0.15, 0.2) is 41.8 Å². The number of anilines is 2. The molecule has 0 bridgehead atoms. The zero-order chi connectivity index (χ0) is 11.4. The Morgan fingerprint density at radius 3 is 2.75 bits per heavy atom. The molecule has 2 N–H and O–H groups in total. The van der Waals surface area contributed by atoms with Crippen LogP contribution in [0, 0.1) is 16.9 Å². The lowest BCUT2D eigenvalue weighted by Gasteiger charge is -2.14. The van der Waals surface area contributed by atoms with E-state index in [1.54, 1.807) is 12.1 Å². The third kappa shape index (κ3) is 1.62. The second-order valence-corrected chi connectivity index (χ2v) is 2.99. The Morgan fingerprint density at radius 2 is 2.12 bits per heavy atom. The van der Waals surface area contributed by atoms with E-state index in [4.69, 9.17) is 10.8 Å². The standard InChI is InChI=1S/C10H8N6/c11-6-8-7-13-14-10(8)16(15-12)9-4-2-1-3-5-9/h1-5,7,12H,(H,13,14). The van der Waals surface area contributed by atoms with Crippen LogP contribution >= 0.6 is 0 Å². The highest BCUT2D eigenvalue weighted by molar-refractivity contribution is 5.63. The number of hydrogen-bond donors (Lipinski definition) is 2. The molecule has 2 aromatic rings. The highest BCUT2D eigenvalue weighted by atomic mass is 15.5. The van der Waals surface area contributed by atoms with Crippen LogP contribution in [0.2, 0.25) is 0 Å². The average molecular weight is 212 g/mol. The number of nitrogens with zero attached hydrogens (tertiary/aromatic N) is 4. The molecule has 0 saturated heterocycles. The van der Waals surface area contributed by atoms with E-state index in [0.29, 0.717) is 17.1 Å². The van der Waals surface area contributed by atoms with Gasteiger partial charge in [-0.2, -0.15) is 20.9 Å². The molecule has 0 atom stereocenters. The van der Waals surface area contributed by atoms with Gasteiger partial charge >= 0.3 is 0 Å². The molecule has 0 fully saturated rings. The van der Waals surface area contributed by atoms with Gasteiger partial charge in [0.2, 0.25) is 0 Å². The van der Waals surface area contributed by atoms with E-state index >= 15 is 0 Å². The van der Waals surface area contributed by atoms with Gasteiger partial charge in [-0.25, -0.2) is 0 Å². The van der Waals surface area contributed by atoms with Crippen molar-refractivity contribution in [1.29, 1.82) is 10.8 Å². The Labute approximate surface area is 91.6 Å². The summed E-state index contributed by atoms with van der Waals surface area (Å²) in [5.41, 5.74) is 8.18. The maximum atomic E-state index is 8.86. The molecule has 6 nitrogen and oxygen atoms in total. The molecule has 78 valence electrons. The molecule has 1 aromatic heterocycles. The van der Waals surface area contributed by atoms with Crippen molar-refractivity contribution in [3.05, 3.63) is 42.1 Å². The zero-order valence-corrected chi connectivity index (χ0v) is 8.25. The van der Waals surface area contributed by atoms with Gasteiger partial charge in [0.05, 0.1) is 11.9 Å². The molecule has 0 spiro atoms. The van der Waals surface area contributed by atoms with Crippen molar-refractivity contribution < 1.29 is 0 Å². The number of H-pyrrole nitrogens is 1. The van der Waals surface area contributed by atoms with Crippen molar-refractivity contribution in [2.24, 2.45) is 5.22 Å². The molecule has 0 aliphatic carbocycles. The molecule has 6 heteroatoms. The summed E-state index contributed by atoms with van der Waals surface area (Å²) in [4.78, 5) is 0. The first-order valence-corrected chi connectivity index (χ1v) is 4.53. The minimum absolute atomic E-state index is 0.347. The van der Waals surface area contributed by atoms with E-state index in [1.807, 2.05) is 24.3 Å². The van der Waals surface area contributed by atoms with Gasteiger partial charge < -0.3 is 0 Å². The van der Waals surface area contributed by atoms with Gasteiger partial charge in [0, 0.05) is 0 Å². The van der Waals surface area contributed by atoms with E-state index in [2.05, 4.69) is 15.4 Å². The molecule has 1 aromatic carbocycles. The third-order valence-corrected chi connectivity index (χ3v) is 2.05. The lowest BCUT2D eigenvalue weighted by Crippen LogP contribution is -2.09. The van der Waals surface area contributed by atoms with Crippen LogP contribution in [0.1, 0.15) is 5.56 Å². The number of aromatic amines is 1. The van der Waals surface area contributed by atoms with Gasteiger partial charge in [0.15, 0.2) is 5.82 Å². The molecule has 0 radical (unpaired) electrons. The van der Waals surface area contributed by atoms with Gasteiger partial charge in [0.1, 0.15) is 11.6 Å². The summed E-state index contributed by atoms with van der Waals surface area (Å²) in [6.45, 7) is 0. The topological polar surface area (TPSA) is 91.9 Å². The molecular weight excluding hydrogens is 204 g/mol. The Morgan fingerprint density at radius 1 is 1.38 bits per heavy atom. The van der Waals surface area contributed by atoms with Crippen LogP contribution in [0.5, 0.6) is 0 Å². The lowest BCUT2D eigenvalue weighted by atomic mass is 10.3. The first kappa shape index (κ1) is 9.86. The number of benzene rings is 1. The van der Waals surface area contributed by atoms with Gasteiger partial charge in [-0.1, -0.05) is 23.4 Å². The van der Waals surface area contributed by atoms with Crippen LogP contribution < -0.4 is 5.01 Å². The molecule has 0 amide bonds. The molecule has 0 saturated carbocycles. The van der Waals surface area contributed by atoms with Crippen molar-refractivity contribution >= 4 is 11.5 Å². The van der Waals surface area contributed by atoms with Crippen molar-refractivity contribution in [2.45, 2.75) is 0 Å². The van der Waals surface area contributed by atoms with Crippen LogP contribution in [0.4, 0.5) is 11.5 Å². The van der Waals surface area contributed by atoms with Crippen LogP contribution in [-0.2, 0) is 0 Å². The minimum Gasteiger partial charge on any atom is -0.260 e. The number of aromatic nitrogens is 2. The summed E-state index contributed by atoms with van der Waals surface area (Å²) in [7, 11) is 0. The van der Waals surface area contributed by atoms with Crippen molar-refractivity contribution in [1.82, 2.24) is 10.2 Å². The van der Waals surface area contributed by atoms with Gasteiger partial charge in [-0.05, 0) is 12.1 Å². The van der Waals surface area contributed by atoms with E-state index < -0.39 is 0 Å². The molecule has 16 heavy (non-hydrogen) atoms. The molecule has 2 rings (SSSR count). The molecule has 0 aliphatic heterocycles. The Hall–Kier alpha value is -2.68. The van der Waals surface area contributed by atoms with E-state index in [9.17, 15) is 0 Å². The summed E-state index contributed by atoms with van der Waals surface area (Å²) in [6, 6.07) is 11.1. The maximum Gasteiger partial charge on any atom is 0.169 e. The third-order valence-electron chi connectivity index (χ3n) is 2.05. The Balaban J connectivity index is 2.46. The van der Waals surface area contributed by atoms with Crippen molar-refractivity contribution in [3.63, 3.8) is 0 Å². The zero-order valence-electron chi connectivity index (χ0n) is 8.25. The first-order valence-electron chi connectivity index (χ1n) is 4.53. The fourth-order valence-corrected chi connectivity index (χ4v) is 1.33. The second-order valence-electron chi connectivity index (χ2n) is 2.99.